The molecule has 2 N–H and O–H groups in total. The molecule has 2 heterocycles. The topological polar surface area (TPSA) is 61.8 Å². The lowest BCUT2D eigenvalue weighted by molar-refractivity contribution is -0.0174. The Hall–Kier alpha value is -0.450. The van der Waals surface area contributed by atoms with Gasteiger partial charge in [0.2, 0.25) is 0 Å². The molecule has 0 aliphatic carbocycles. The summed E-state index contributed by atoms with van der Waals surface area (Å²) in [7, 11) is 1.80. The van der Waals surface area contributed by atoms with Crippen LogP contribution in [0.2, 0.25) is 0 Å². The van der Waals surface area contributed by atoms with E-state index in [1.54, 1.807) is 18.4 Å². The van der Waals surface area contributed by atoms with Crippen LogP contribution in [-0.2, 0) is 11.3 Å². The van der Waals surface area contributed by atoms with Crippen molar-refractivity contribution >= 4 is 41.3 Å². The Morgan fingerprint density at radius 1 is 1.44 bits per heavy atom. The second-order valence-corrected chi connectivity index (χ2v) is 7.58. The van der Waals surface area contributed by atoms with E-state index >= 15 is 0 Å². The second kappa shape index (κ2) is 11.3. The quantitative estimate of drug-likeness (QED) is 0.372. The standard InChI is InChI=1S/C17H31N5OS.HI/c1-12(2)15-11-24-16(21-15)9-20-17(18-5)19-8-13(3)22-6-7-23-10-14(22)4;/h11-14H,6-10H2,1-5H3,(H2,18,19,20);1H. The minimum absolute atomic E-state index is 0. The lowest BCUT2D eigenvalue weighted by atomic mass is 10.2. The largest absolute Gasteiger partial charge is 0.379 e. The van der Waals surface area contributed by atoms with Crippen molar-refractivity contribution in [1.29, 1.82) is 0 Å². The molecule has 25 heavy (non-hydrogen) atoms. The third kappa shape index (κ3) is 6.99. The van der Waals surface area contributed by atoms with Crippen molar-refractivity contribution in [2.24, 2.45) is 4.99 Å². The van der Waals surface area contributed by atoms with Crippen molar-refractivity contribution in [3.63, 3.8) is 0 Å². The lowest BCUT2D eigenvalue weighted by Gasteiger charge is -2.38. The molecule has 1 aromatic rings. The zero-order valence-electron chi connectivity index (χ0n) is 15.9. The number of morpholine rings is 1. The summed E-state index contributed by atoms with van der Waals surface area (Å²) in [5, 5.41) is 10.0. The Morgan fingerprint density at radius 2 is 2.20 bits per heavy atom. The van der Waals surface area contributed by atoms with Crippen LogP contribution in [0.5, 0.6) is 0 Å². The summed E-state index contributed by atoms with van der Waals surface area (Å²) >= 11 is 1.70. The molecule has 0 aromatic carbocycles. The highest BCUT2D eigenvalue weighted by Gasteiger charge is 2.23. The average Bonchev–Trinajstić information content (AvgIpc) is 3.04. The molecule has 1 saturated heterocycles. The van der Waals surface area contributed by atoms with Crippen LogP contribution in [0, 0.1) is 0 Å². The number of guanidine groups is 1. The second-order valence-electron chi connectivity index (χ2n) is 6.64. The van der Waals surface area contributed by atoms with Crippen molar-refractivity contribution < 1.29 is 4.74 Å². The molecule has 1 aliphatic heterocycles. The molecular formula is C17H32IN5OS. The maximum Gasteiger partial charge on any atom is 0.191 e. The number of ether oxygens (including phenoxy) is 1. The van der Waals surface area contributed by atoms with Crippen molar-refractivity contribution in [1.82, 2.24) is 20.5 Å². The van der Waals surface area contributed by atoms with Gasteiger partial charge in [-0.2, -0.15) is 0 Å². The number of hydrogen-bond acceptors (Lipinski definition) is 5. The van der Waals surface area contributed by atoms with E-state index in [0.717, 1.165) is 43.0 Å². The normalized spacial score (nSPS) is 20.2. The highest BCUT2D eigenvalue weighted by molar-refractivity contribution is 14.0. The van der Waals surface area contributed by atoms with Gasteiger partial charge in [-0.25, -0.2) is 4.98 Å². The predicted molar refractivity (Wildman–Crippen MR) is 116 cm³/mol. The maximum atomic E-state index is 5.51. The van der Waals surface area contributed by atoms with Crippen LogP contribution >= 0.6 is 35.3 Å². The van der Waals surface area contributed by atoms with E-state index in [0.29, 0.717) is 24.5 Å². The smallest absolute Gasteiger partial charge is 0.191 e. The molecule has 2 atom stereocenters. The van der Waals surface area contributed by atoms with Gasteiger partial charge in [-0.15, -0.1) is 35.3 Å². The maximum absolute atomic E-state index is 5.51. The molecule has 1 aliphatic rings. The van der Waals surface area contributed by atoms with E-state index in [-0.39, 0.29) is 24.0 Å². The van der Waals surface area contributed by atoms with Crippen molar-refractivity contribution in [2.45, 2.75) is 52.2 Å². The molecule has 0 spiro atoms. The molecule has 2 rings (SSSR count). The van der Waals surface area contributed by atoms with E-state index < -0.39 is 0 Å². The van der Waals surface area contributed by atoms with Gasteiger partial charge < -0.3 is 15.4 Å². The third-order valence-corrected chi connectivity index (χ3v) is 5.21. The Bertz CT molecular complexity index is 537. The zero-order chi connectivity index (χ0) is 17.5. The predicted octanol–water partition coefficient (Wildman–Crippen LogP) is 2.66. The number of nitrogens with zero attached hydrogens (tertiary/aromatic N) is 3. The van der Waals surface area contributed by atoms with Gasteiger partial charge in [0, 0.05) is 37.6 Å². The molecule has 1 aromatic heterocycles. The van der Waals surface area contributed by atoms with Crippen molar-refractivity contribution in [2.75, 3.05) is 33.4 Å². The SMILES string of the molecule is CN=C(NCc1nc(C(C)C)cs1)NCC(C)N1CCOCC1C.I. The Morgan fingerprint density at radius 3 is 2.80 bits per heavy atom. The van der Waals surface area contributed by atoms with Crippen LogP contribution in [0.4, 0.5) is 0 Å². The fourth-order valence-corrected chi connectivity index (χ4v) is 3.70. The van der Waals surface area contributed by atoms with Gasteiger partial charge in [0.1, 0.15) is 5.01 Å². The molecule has 0 amide bonds. The highest BCUT2D eigenvalue weighted by atomic mass is 127. The number of nitrogens with one attached hydrogen (secondary N) is 2. The van der Waals surface area contributed by atoms with E-state index in [4.69, 9.17) is 4.74 Å². The first-order chi connectivity index (χ1) is 11.5. The van der Waals surface area contributed by atoms with E-state index in [2.05, 4.69) is 58.6 Å². The van der Waals surface area contributed by atoms with E-state index in [1.165, 1.54) is 0 Å². The van der Waals surface area contributed by atoms with Crippen LogP contribution < -0.4 is 10.6 Å². The van der Waals surface area contributed by atoms with E-state index in [9.17, 15) is 0 Å². The summed E-state index contributed by atoms with van der Waals surface area (Å²) in [5.74, 6) is 1.30. The average molecular weight is 481 g/mol. The van der Waals surface area contributed by atoms with Crippen molar-refractivity contribution in [3.8, 4) is 0 Å². The summed E-state index contributed by atoms with van der Waals surface area (Å²) in [4.78, 5) is 11.4. The Labute approximate surface area is 172 Å². The highest BCUT2D eigenvalue weighted by Crippen LogP contribution is 2.17. The zero-order valence-corrected chi connectivity index (χ0v) is 19.1. The molecule has 6 nitrogen and oxygen atoms in total. The van der Waals surface area contributed by atoms with Crippen LogP contribution in [0.3, 0.4) is 0 Å². The molecule has 0 bridgehead atoms. The molecular weight excluding hydrogens is 449 g/mol. The molecule has 0 radical (unpaired) electrons. The molecule has 1 fully saturated rings. The van der Waals surface area contributed by atoms with Crippen LogP contribution in [0.1, 0.15) is 44.3 Å². The van der Waals surface area contributed by atoms with E-state index in [1.807, 2.05) is 0 Å². The first-order valence-corrected chi connectivity index (χ1v) is 9.61. The van der Waals surface area contributed by atoms with Gasteiger partial charge >= 0.3 is 0 Å². The molecule has 0 saturated carbocycles. The van der Waals surface area contributed by atoms with Gasteiger partial charge in [0.15, 0.2) is 5.96 Å². The minimum atomic E-state index is 0. The summed E-state index contributed by atoms with van der Waals surface area (Å²) in [6.07, 6.45) is 0. The van der Waals surface area contributed by atoms with Gasteiger partial charge in [0.05, 0.1) is 25.5 Å². The van der Waals surface area contributed by atoms with Crippen LogP contribution in [0.25, 0.3) is 0 Å². The van der Waals surface area contributed by atoms with Gasteiger partial charge in [-0.1, -0.05) is 13.8 Å². The summed E-state index contributed by atoms with van der Waals surface area (Å²) in [6.45, 7) is 13.0. The van der Waals surface area contributed by atoms with Gasteiger partial charge in [-0.05, 0) is 19.8 Å². The monoisotopic (exact) mass is 481 g/mol. The molecule has 144 valence electrons. The fourth-order valence-electron chi connectivity index (χ4n) is 2.81. The number of aliphatic imine (C=N–C) groups is 1. The Balaban J connectivity index is 0.00000312. The fraction of sp³-hybridized carbons (Fsp3) is 0.765. The number of thiazole rings is 1. The minimum Gasteiger partial charge on any atom is -0.379 e. The number of rotatable bonds is 6. The lowest BCUT2D eigenvalue weighted by Crippen LogP contribution is -2.52. The molecule has 8 heteroatoms. The number of halogens is 1. The summed E-state index contributed by atoms with van der Waals surface area (Å²) < 4.78 is 5.51. The number of hydrogen-bond donors (Lipinski definition) is 2. The van der Waals surface area contributed by atoms with Crippen LogP contribution in [-0.4, -0.2) is 61.3 Å². The number of aromatic nitrogens is 1. The van der Waals surface area contributed by atoms with Gasteiger partial charge in [-0.3, -0.25) is 9.89 Å². The van der Waals surface area contributed by atoms with Gasteiger partial charge in [0.25, 0.3) is 0 Å². The Kier molecular flexibility index (Phi) is 10.2. The van der Waals surface area contributed by atoms with Crippen molar-refractivity contribution in [3.05, 3.63) is 16.1 Å². The first-order valence-electron chi connectivity index (χ1n) is 8.73. The third-order valence-electron chi connectivity index (χ3n) is 4.34. The van der Waals surface area contributed by atoms with Crippen LogP contribution in [0.15, 0.2) is 10.4 Å². The molecule has 2 unspecified atom stereocenters. The summed E-state index contributed by atoms with van der Waals surface area (Å²) in [5.41, 5.74) is 1.16. The summed E-state index contributed by atoms with van der Waals surface area (Å²) in [6, 6.07) is 0.908. The first kappa shape index (κ1) is 22.6.